The van der Waals surface area contributed by atoms with Crippen LogP contribution in [0.25, 0.3) is 0 Å². The van der Waals surface area contributed by atoms with E-state index in [1.165, 1.54) is 0 Å². The molecule has 5 atom stereocenters. The molecular formula is C25H25ClN2O4. The van der Waals surface area contributed by atoms with E-state index in [9.17, 15) is 9.59 Å². The second-order valence-electron chi connectivity index (χ2n) is 8.66. The van der Waals surface area contributed by atoms with Crippen molar-refractivity contribution in [3.8, 4) is 5.75 Å². The second-order valence-corrected chi connectivity index (χ2v) is 9.10. The molecule has 2 bridgehead atoms. The van der Waals surface area contributed by atoms with Gasteiger partial charge >= 0.3 is 0 Å². The maximum atomic E-state index is 13.5. The highest BCUT2D eigenvalue weighted by Gasteiger charge is 2.67. The largest absolute Gasteiger partial charge is 0.497 e. The van der Waals surface area contributed by atoms with Gasteiger partial charge in [0.25, 0.3) is 0 Å². The number of methoxy groups -OCH3 is 1. The van der Waals surface area contributed by atoms with E-state index < -0.39 is 17.4 Å². The zero-order valence-corrected chi connectivity index (χ0v) is 18.7. The minimum Gasteiger partial charge on any atom is -0.497 e. The van der Waals surface area contributed by atoms with Gasteiger partial charge in [0, 0.05) is 11.6 Å². The fourth-order valence-corrected chi connectivity index (χ4v) is 5.25. The summed E-state index contributed by atoms with van der Waals surface area (Å²) in [7, 11) is 1.63. The van der Waals surface area contributed by atoms with Gasteiger partial charge in [-0.3, -0.25) is 9.59 Å². The van der Waals surface area contributed by atoms with Gasteiger partial charge in [0.2, 0.25) is 11.8 Å². The van der Waals surface area contributed by atoms with Crippen LogP contribution < -0.4 is 10.1 Å². The summed E-state index contributed by atoms with van der Waals surface area (Å²) < 4.78 is 11.5. The quantitative estimate of drug-likeness (QED) is 0.681. The number of fused-ring (bicyclic) bond motifs is 1. The van der Waals surface area contributed by atoms with E-state index in [-0.39, 0.29) is 24.0 Å². The normalized spacial score (nSPS) is 28.7. The van der Waals surface area contributed by atoms with E-state index in [0.29, 0.717) is 18.1 Å². The minimum atomic E-state index is -0.731. The summed E-state index contributed by atoms with van der Waals surface area (Å²) >= 11 is 5.94. The molecule has 5 rings (SSSR count). The van der Waals surface area contributed by atoms with Crippen LogP contribution in [-0.2, 0) is 20.9 Å². The van der Waals surface area contributed by atoms with Crippen molar-refractivity contribution in [1.82, 2.24) is 10.2 Å². The summed E-state index contributed by atoms with van der Waals surface area (Å²) in [5, 5.41) is 3.63. The highest BCUT2D eigenvalue weighted by Crippen LogP contribution is 2.53. The number of hydrogen-bond donors (Lipinski definition) is 1. The van der Waals surface area contributed by atoms with Crippen LogP contribution in [0.1, 0.15) is 24.1 Å². The van der Waals surface area contributed by atoms with Crippen LogP contribution in [0, 0.1) is 11.8 Å². The van der Waals surface area contributed by atoms with E-state index in [2.05, 4.69) is 5.32 Å². The first-order chi connectivity index (χ1) is 15.4. The third kappa shape index (κ3) is 3.38. The van der Waals surface area contributed by atoms with E-state index in [1.807, 2.05) is 60.4 Å². The first-order valence-corrected chi connectivity index (χ1v) is 11.1. The van der Waals surface area contributed by atoms with Crippen molar-refractivity contribution in [2.75, 3.05) is 13.7 Å². The fourth-order valence-electron chi connectivity index (χ4n) is 5.13. The average molecular weight is 453 g/mol. The zero-order chi connectivity index (χ0) is 22.5. The molecule has 166 valence electrons. The van der Waals surface area contributed by atoms with Gasteiger partial charge in [-0.15, -0.1) is 0 Å². The first kappa shape index (κ1) is 21.0. The van der Waals surface area contributed by atoms with Crippen LogP contribution in [0.15, 0.2) is 60.7 Å². The Hall–Kier alpha value is -2.83. The third-order valence-corrected chi connectivity index (χ3v) is 7.13. The van der Waals surface area contributed by atoms with Crippen molar-refractivity contribution in [2.45, 2.75) is 31.2 Å². The van der Waals surface area contributed by atoms with Crippen molar-refractivity contribution in [2.24, 2.45) is 11.8 Å². The Kier molecular flexibility index (Phi) is 5.22. The molecule has 2 aromatic carbocycles. The van der Waals surface area contributed by atoms with Gasteiger partial charge < -0.3 is 19.7 Å². The number of benzene rings is 2. The predicted octanol–water partition coefficient (Wildman–Crippen LogP) is 3.51. The molecule has 32 heavy (non-hydrogen) atoms. The van der Waals surface area contributed by atoms with Crippen molar-refractivity contribution in [3.63, 3.8) is 0 Å². The van der Waals surface area contributed by atoms with Crippen LogP contribution in [0.4, 0.5) is 0 Å². The molecule has 0 aromatic heterocycles. The van der Waals surface area contributed by atoms with E-state index >= 15 is 0 Å². The Morgan fingerprint density at radius 3 is 2.66 bits per heavy atom. The van der Waals surface area contributed by atoms with E-state index in [4.69, 9.17) is 21.1 Å². The van der Waals surface area contributed by atoms with Gasteiger partial charge in [-0.1, -0.05) is 48.0 Å². The molecule has 6 nitrogen and oxygen atoms in total. The summed E-state index contributed by atoms with van der Waals surface area (Å²) in [6.07, 6.45) is 3.54. The average Bonchev–Trinajstić information content (AvgIpc) is 3.46. The maximum absolute atomic E-state index is 13.5. The molecule has 0 saturated carbocycles. The van der Waals surface area contributed by atoms with Crippen LogP contribution in [0.5, 0.6) is 5.75 Å². The zero-order valence-electron chi connectivity index (χ0n) is 18.0. The van der Waals surface area contributed by atoms with Crippen molar-refractivity contribution in [1.29, 1.82) is 0 Å². The highest BCUT2D eigenvalue weighted by atomic mass is 35.5. The Morgan fingerprint density at radius 2 is 1.97 bits per heavy atom. The molecule has 1 N–H and O–H groups in total. The Bertz CT molecular complexity index is 1070. The summed E-state index contributed by atoms with van der Waals surface area (Å²) in [4.78, 5) is 28.5. The molecule has 0 unspecified atom stereocenters. The lowest BCUT2D eigenvalue weighted by molar-refractivity contribution is -0.138. The van der Waals surface area contributed by atoms with Crippen molar-refractivity contribution in [3.05, 3.63) is 76.8 Å². The van der Waals surface area contributed by atoms with Crippen LogP contribution >= 0.6 is 11.6 Å². The molecule has 0 aliphatic carbocycles. The van der Waals surface area contributed by atoms with Crippen molar-refractivity contribution < 1.29 is 19.1 Å². The summed E-state index contributed by atoms with van der Waals surface area (Å²) in [5.41, 5.74) is 1.23. The topological polar surface area (TPSA) is 67.9 Å². The number of ether oxygens (including phenoxy) is 2. The molecule has 1 spiro atoms. The van der Waals surface area contributed by atoms with Crippen molar-refractivity contribution >= 4 is 23.4 Å². The van der Waals surface area contributed by atoms with Gasteiger partial charge in [-0.2, -0.15) is 0 Å². The Balaban J connectivity index is 1.33. The number of likely N-dealkylation sites (tertiary alicyclic amines) is 1. The predicted molar refractivity (Wildman–Crippen MR) is 120 cm³/mol. The fraction of sp³-hybridized carbons (Fsp3) is 0.360. The summed E-state index contributed by atoms with van der Waals surface area (Å²) in [6.45, 7) is 2.82. The molecule has 2 saturated heterocycles. The molecule has 2 aromatic rings. The number of rotatable bonds is 6. The molecule has 7 heteroatoms. The molecule has 2 fully saturated rings. The number of hydrogen-bond acceptors (Lipinski definition) is 4. The summed E-state index contributed by atoms with van der Waals surface area (Å²) in [5.74, 6) is -0.469. The number of nitrogens with one attached hydrogen (secondary N) is 1. The maximum Gasteiger partial charge on any atom is 0.230 e. The molecule has 2 amide bonds. The van der Waals surface area contributed by atoms with E-state index in [1.54, 1.807) is 19.2 Å². The smallest absolute Gasteiger partial charge is 0.230 e. The monoisotopic (exact) mass is 452 g/mol. The molecular weight excluding hydrogens is 428 g/mol. The van der Waals surface area contributed by atoms with Gasteiger partial charge in [-0.25, -0.2) is 0 Å². The molecule has 3 aliphatic heterocycles. The number of nitrogens with zero attached hydrogens (tertiary/aromatic N) is 1. The first-order valence-electron chi connectivity index (χ1n) is 10.8. The number of carbonyl (C=O) groups excluding carboxylic acids is 2. The standard InChI is InChI=1S/C25H25ClN2O4/c1-15(17-5-9-19(31-2)10-6-17)28-14-25-12-11-20(32-25)21(22(25)24(28)30)23(29)27-13-16-3-7-18(26)8-4-16/h3-12,15,20-22H,13-14H2,1-2H3,(H,27,29)/t15-,20+,21+,22-,25+/m0/s1. The molecule has 3 aliphatic rings. The third-order valence-electron chi connectivity index (χ3n) is 6.88. The second kappa shape index (κ2) is 7.94. The lowest BCUT2D eigenvalue weighted by Gasteiger charge is -2.28. The lowest BCUT2D eigenvalue weighted by Crippen LogP contribution is -2.44. The van der Waals surface area contributed by atoms with Gasteiger partial charge in [-0.05, 0) is 42.3 Å². The SMILES string of the molecule is COc1ccc([C@H](C)N2C[C@@]34C=C[C@@H](O3)[C@@H](C(=O)NCc3ccc(Cl)cc3)[C@H]4C2=O)cc1. The lowest BCUT2D eigenvalue weighted by atomic mass is 9.77. The van der Waals surface area contributed by atoms with Crippen LogP contribution in [0.3, 0.4) is 0 Å². The highest BCUT2D eigenvalue weighted by molar-refractivity contribution is 6.30. The number of halogens is 1. The Labute approximate surface area is 192 Å². The van der Waals surface area contributed by atoms with E-state index in [0.717, 1.165) is 16.9 Å². The van der Waals surface area contributed by atoms with Crippen LogP contribution in [-0.4, -0.2) is 42.1 Å². The summed E-state index contributed by atoms with van der Waals surface area (Å²) in [6, 6.07) is 14.9. The van der Waals surface area contributed by atoms with Crippen LogP contribution in [0.2, 0.25) is 5.02 Å². The Morgan fingerprint density at radius 1 is 1.25 bits per heavy atom. The van der Waals surface area contributed by atoms with Gasteiger partial charge in [0.05, 0.1) is 37.6 Å². The minimum absolute atomic E-state index is 0.0354. The number of carbonyl (C=O) groups is 2. The number of amides is 2. The van der Waals surface area contributed by atoms with Gasteiger partial charge in [0.1, 0.15) is 11.4 Å². The van der Waals surface area contributed by atoms with Gasteiger partial charge in [0.15, 0.2) is 0 Å². The molecule has 0 radical (unpaired) electrons. The molecule has 3 heterocycles.